The number of rotatable bonds is 3. The molecule has 2 aromatic rings. The summed E-state index contributed by atoms with van der Waals surface area (Å²) in [6.45, 7) is 1.89. The highest BCUT2D eigenvalue weighted by molar-refractivity contribution is 7.19. The monoisotopic (exact) mass is 332 g/mol. The standard InChI is InChI=1S/C13H11F3N2O3S/c1-2-21-12(20)17-7-3-4-8-9(5-7)22-11(18-8)6-10(19)13(14,15)16/h3-6,19H,2H2,1H3,(H,17,20)/b10-6-. The number of hydrogen-bond acceptors (Lipinski definition) is 5. The van der Waals surface area contributed by atoms with Crippen molar-refractivity contribution in [1.29, 1.82) is 0 Å². The van der Waals surface area contributed by atoms with Gasteiger partial charge in [0.1, 0.15) is 5.01 Å². The molecule has 0 radical (unpaired) electrons. The van der Waals surface area contributed by atoms with Crippen LogP contribution in [0.1, 0.15) is 11.9 Å². The Morgan fingerprint density at radius 3 is 2.86 bits per heavy atom. The quantitative estimate of drug-likeness (QED) is 0.821. The lowest BCUT2D eigenvalue weighted by molar-refractivity contribution is -0.119. The van der Waals surface area contributed by atoms with Crippen molar-refractivity contribution in [2.45, 2.75) is 13.1 Å². The number of benzene rings is 1. The van der Waals surface area contributed by atoms with E-state index in [-0.39, 0.29) is 11.6 Å². The number of aliphatic hydroxyl groups excluding tert-OH is 1. The zero-order valence-corrected chi connectivity index (χ0v) is 12.1. The third kappa shape index (κ3) is 3.88. The summed E-state index contributed by atoms with van der Waals surface area (Å²) >= 11 is 0.957. The van der Waals surface area contributed by atoms with Crippen molar-refractivity contribution in [1.82, 2.24) is 4.98 Å². The molecule has 1 aromatic carbocycles. The molecule has 1 aromatic heterocycles. The van der Waals surface area contributed by atoms with Crippen molar-refractivity contribution in [2.24, 2.45) is 0 Å². The van der Waals surface area contributed by atoms with Gasteiger partial charge in [0.15, 0.2) is 0 Å². The molecule has 9 heteroatoms. The molecule has 0 saturated carbocycles. The first-order valence-corrected chi connectivity index (χ1v) is 6.93. The summed E-state index contributed by atoms with van der Waals surface area (Å²) in [6, 6.07) is 4.66. The van der Waals surface area contributed by atoms with E-state index in [0.717, 1.165) is 11.3 Å². The number of hydrogen-bond donors (Lipinski definition) is 2. The van der Waals surface area contributed by atoms with Crippen LogP contribution in [0.5, 0.6) is 0 Å². The van der Waals surface area contributed by atoms with Gasteiger partial charge in [0, 0.05) is 11.8 Å². The van der Waals surface area contributed by atoms with Gasteiger partial charge < -0.3 is 9.84 Å². The van der Waals surface area contributed by atoms with Gasteiger partial charge in [-0.2, -0.15) is 13.2 Å². The van der Waals surface area contributed by atoms with Crippen LogP contribution >= 0.6 is 11.3 Å². The van der Waals surface area contributed by atoms with Gasteiger partial charge >= 0.3 is 12.3 Å². The Hall–Kier alpha value is -2.29. The highest BCUT2D eigenvalue weighted by atomic mass is 32.1. The molecule has 118 valence electrons. The Labute approximate surface area is 127 Å². The minimum atomic E-state index is -4.81. The second kappa shape index (κ2) is 6.22. The summed E-state index contributed by atoms with van der Waals surface area (Å²) in [4.78, 5) is 15.3. The van der Waals surface area contributed by atoms with Gasteiger partial charge in [0.05, 0.1) is 16.8 Å². The lowest BCUT2D eigenvalue weighted by atomic mass is 10.3. The largest absolute Gasteiger partial charge is 0.504 e. The van der Waals surface area contributed by atoms with E-state index in [1.54, 1.807) is 25.1 Å². The summed E-state index contributed by atoms with van der Waals surface area (Å²) in [5.41, 5.74) is 0.894. The fraction of sp³-hybridized carbons (Fsp3) is 0.231. The molecule has 0 bridgehead atoms. The average Bonchev–Trinajstić information content (AvgIpc) is 2.79. The Kier molecular flexibility index (Phi) is 4.55. The van der Waals surface area contributed by atoms with Crippen molar-refractivity contribution < 1.29 is 27.8 Å². The number of nitrogens with zero attached hydrogens (tertiary/aromatic N) is 1. The van der Waals surface area contributed by atoms with E-state index in [9.17, 15) is 18.0 Å². The predicted octanol–water partition coefficient (Wildman–Crippen LogP) is 4.33. The van der Waals surface area contributed by atoms with Gasteiger partial charge in [-0.25, -0.2) is 9.78 Å². The van der Waals surface area contributed by atoms with E-state index >= 15 is 0 Å². The molecule has 1 amide bonds. The number of ether oxygens (including phenoxy) is 1. The minimum Gasteiger partial charge on any atom is -0.504 e. The zero-order valence-electron chi connectivity index (χ0n) is 11.3. The topological polar surface area (TPSA) is 71.5 Å². The fourth-order valence-corrected chi connectivity index (χ4v) is 2.51. The van der Waals surface area contributed by atoms with Crippen molar-refractivity contribution in [3.05, 3.63) is 29.0 Å². The highest BCUT2D eigenvalue weighted by Gasteiger charge is 2.34. The molecule has 2 rings (SSSR count). The van der Waals surface area contributed by atoms with Crippen LogP contribution in [0.4, 0.5) is 23.7 Å². The molecule has 0 aliphatic heterocycles. The summed E-state index contributed by atoms with van der Waals surface area (Å²) in [6.07, 6.45) is -4.88. The maximum Gasteiger partial charge on any atom is 0.448 e. The number of thiazole rings is 1. The van der Waals surface area contributed by atoms with E-state index in [1.165, 1.54) is 0 Å². The Bertz CT molecular complexity index is 725. The van der Waals surface area contributed by atoms with E-state index in [4.69, 9.17) is 9.84 Å². The second-order valence-corrected chi connectivity index (χ2v) is 5.17. The molecular formula is C13H11F3N2O3S. The number of alkyl halides is 3. The third-order valence-electron chi connectivity index (χ3n) is 2.48. The van der Waals surface area contributed by atoms with E-state index in [0.29, 0.717) is 22.0 Å². The first-order chi connectivity index (χ1) is 10.3. The number of nitrogens with one attached hydrogen (secondary N) is 1. The molecule has 22 heavy (non-hydrogen) atoms. The molecule has 0 unspecified atom stereocenters. The van der Waals surface area contributed by atoms with Crippen molar-refractivity contribution >= 4 is 39.4 Å². The molecule has 0 aliphatic rings. The molecule has 1 heterocycles. The molecule has 0 fully saturated rings. The highest BCUT2D eigenvalue weighted by Crippen LogP contribution is 2.30. The Morgan fingerprint density at radius 1 is 1.50 bits per heavy atom. The molecule has 0 spiro atoms. The summed E-state index contributed by atoms with van der Waals surface area (Å²) in [5, 5.41) is 11.4. The second-order valence-electron chi connectivity index (χ2n) is 4.11. The number of amides is 1. The number of carbonyl (C=O) groups excluding carboxylic acids is 1. The Balaban J connectivity index is 2.26. The smallest absolute Gasteiger partial charge is 0.448 e. The molecule has 0 aliphatic carbocycles. The first-order valence-electron chi connectivity index (χ1n) is 6.12. The number of carbonyl (C=O) groups is 1. The lowest BCUT2D eigenvalue weighted by Gasteiger charge is -2.04. The zero-order chi connectivity index (χ0) is 16.3. The van der Waals surface area contributed by atoms with E-state index < -0.39 is 18.0 Å². The number of aromatic nitrogens is 1. The van der Waals surface area contributed by atoms with E-state index in [2.05, 4.69) is 10.3 Å². The molecular weight excluding hydrogens is 321 g/mol. The summed E-state index contributed by atoms with van der Waals surface area (Å²) < 4.78 is 42.1. The number of fused-ring (bicyclic) bond motifs is 1. The van der Waals surface area contributed by atoms with Crippen LogP contribution in [0.25, 0.3) is 16.3 Å². The minimum absolute atomic E-state index is 0.0121. The van der Waals surface area contributed by atoms with Gasteiger partial charge in [-0.3, -0.25) is 5.32 Å². The van der Waals surface area contributed by atoms with Crippen LogP contribution in [0.3, 0.4) is 0 Å². The maximum atomic E-state index is 12.3. The Morgan fingerprint density at radius 2 is 2.23 bits per heavy atom. The number of anilines is 1. The van der Waals surface area contributed by atoms with Gasteiger partial charge in [0.25, 0.3) is 0 Å². The van der Waals surface area contributed by atoms with Gasteiger partial charge in [0.2, 0.25) is 5.76 Å². The molecule has 0 saturated heterocycles. The maximum absolute atomic E-state index is 12.3. The fourth-order valence-electron chi connectivity index (χ4n) is 1.57. The first kappa shape index (κ1) is 16.1. The average molecular weight is 332 g/mol. The van der Waals surface area contributed by atoms with Crippen LogP contribution < -0.4 is 5.32 Å². The normalized spacial score (nSPS) is 12.5. The van der Waals surface area contributed by atoms with Gasteiger partial charge in [-0.1, -0.05) is 0 Å². The van der Waals surface area contributed by atoms with Crippen molar-refractivity contribution in [3.63, 3.8) is 0 Å². The SMILES string of the molecule is CCOC(=O)Nc1ccc2nc(/C=C(\O)C(F)(F)F)sc2c1. The number of aliphatic hydroxyl groups is 1. The van der Waals surface area contributed by atoms with Crippen LogP contribution in [-0.4, -0.2) is 29.0 Å². The van der Waals surface area contributed by atoms with Gasteiger partial charge in [-0.05, 0) is 25.1 Å². The molecule has 2 N–H and O–H groups in total. The number of halogens is 3. The van der Waals surface area contributed by atoms with Crippen LogP contribution in [0.2, 0.25) is 0 Å². The summed E-state index contributed by atoms with van der Waals surface area (Å²) in [7, 11) is 0. The van der Waals surface area contributed by atoms with Crippen molar-refractivity contribution in [2.75, 3.05) is 11.9 Å². The lowest BCUT2D eigenvalue weighted by Crippen LogP contribution is -2.12. The predicted molar refractivity (Wildman–Crippen MR) is 76.9 cm³/mol. The van der Waals surface area contributed by atoms with Crippen LogP contribution in [0.15, 0.2) is 24.0 Å². The van der Waals surface area contributed by atoms with Crippen molar-refractivity contribution in [3.8, 4) is 0 Å². The van der Waals surface area contributed by atoms with E-state index in [1.807, 2.05) is 0 Å². The van der Waals surface area contributed by atoms with Gasteiger partial charge in [-0.15, -0.1) is 11.3 Å². The summed E-state index contributed by atoms with van der Waals surface area (Å²) in [5.74, 6) is -1.71. The molecule has 5 nitrogen and oxygen atoms in total. The van der Waals surface area contributed by atoms with Crippen LogP contribution in [-0.2, 0) is 4.74 Å². The molecule has 0 atom stereocenters. The van der Waals surface area contributed by atoms with Crippen LogP contribution in [0, 0.1) is 0 Å². The number of allylic oxidation sites excluding steroid dienone is 1. The third-order valence-corrected chi connectivity index (χ3v) is 3.44.